The zero-order chi connectivity index (χ0) is 16.3. The monoisotopic (exact) mass is 326 g/mol. The normalized spacial score (nSPS) is 18.2. The van der Waals surface area contributed by atoms with Gasteiger partial charge in [-0.3, -0.25) is 0 Å². The van der Waals surface area contributed by atoms with Gasteiger partial charge in [0.2, 0.25) is 0 Å². The van der Waals surface area contributed by atoms with Crippen molar-refractivity contribution in [2.45, 2.75) is 30.8 Å². The molecule has 0 radical (unpaired) electrons. The number of benzene rings is 1. The number of rotatable bonds is 4. The van der Waals surface area contributed by atoms with Crippen molar-refractivity contribution < 1.29 is 17.9 Å². The van der Waals surface area contributed by atoms with Gasteiger partial charge >= 0.3 is 6.03 Å². The Kier molecular flexibility index (Phi) is 5.08. The molecule has 1 aromatic carbocycles. The van der Waals surface area contributed by atoms with E-state index in [4.69, 9.17) is 4.74 Å². The molecule has 1 unspecified atom stereocenters. The lowest BCUT2D eigenvalue weighted by molar-refractivity contribution is 0.0894. The van der Waals surface area contributed by atoms with Gasteiger partial charge in [-0.05, 0) is 37.5 Å². The summed E-state index contributed by atoms with van der Waals surface area (Å²) in [5.74, 6) is 0. The summed E-state index contributed by atoms with van der Waals surface area (Å²) >= 11 is 0. The van der Waals surface area contributed by atoms with E-state index in [1.165, 1.54) is 12.1 Å². The molecule has 0 saturated carbocycles. The number of amides is 2. The lowest BCUT2D eigenvalue weighted by Gasteiger charge is -2.22. The number of nitrogens with one attached hydrogen (secondary N) is 1. The highest BCUT2D eigenvalue weighted by atomic mass is 32.2. The number of carbonyl (C=O) groups excluding carboxylic acids is 1. The van der Waals surface area contributed by atoms with Crippen LogP contribution in [-0.2, 0) is 14.6 Å². The fourth-order valence-electron chi connectivity index (χ4n) is 2.35. The standard InChI is InChI=1S/C15H22N2O4S/c1-11-6-7-13(22(3,19)20)9-14(11)16-15(18)17(2)10-12-5-4-8-21-12/h6-7,9,12H,4-5,8,10H2,1-3H3,(H,16,18). The molecule has 122 valence electrons. The minimum Gasteiger partial charge on any atom is -0.376 e. The van der Waals surface area contributed by atoms with Crippen LogP contribution in [0.15, 0.2) is 23.1 Å². The number of carbonyl (C=O) groups is 1. The van der Waals surface area contributed by atoms with E-state index in [1.54, 1.807) is 18.0 Å². The van der Waals surface area contributed by atoms with Gasteiger partial charge < -0.3 is 15.0 Å². The van der Waals surface area contributed by atoms with Gasteiger partial charge in [-0.2, -0.15) is 0 Å². The molecule has 1 aliphatic heterocycles. The third-order valence-corrected chi connectivity index (χ3v) is 4.84. The molecule has 1 heterocycles. The van der Waals surface area contributed by atoms with E-state index in [2.05, 4.69) is 5.32 Å². The maximum Gasteiger partial charge on any atom is 0.321 e. The Bertz CT molecular complexity index is 652. The van der Waals surface area contributed by atoms with E-state index in [1.807, 2.05) is 6.92 Å². The number of sulfone groups is 1. The van der Waals surface area contributed by atoms with Crippen molar-refractivity contribution in [3.05, 3.63) is 23.8 Å². The second kappa shape index (κ2) is 6.66. The first-order valence-corrected chi connectivity index (χ1v) is 9.11. The highest BCUT2D eigenvalue weighted by Crippen LogP contribution is 2.21. The van der Waals surface area contributed by atoms with Crippen molar-refractivity contribution >= 4 is 21.6 Å². The average Bonchev–Trinajstić information content (AvgIpc) is 2.92. The van der Waals surface area contributed by atoms with Crippen molar-refractivity contribution in [2.24, 2.45) is 0 Å². The van der Waals surface area contributed by atoms with Crippen LogP contribution in [-0.4, -0.2) is 51.9 Å². The summed E-state index contributed by atoms with van der Waals surface area (Å²) in [5.41, 5.74) is 1.32. The van der Waals surface area contributed by atoms with E-state index in [-0.39, 0.29) is 17.0 Å². The average molecular weight is 326 g/mol. The zero-order valence-corrected chi connectivity index (χ0v) is 13.9. The molecule has 2 amide bonds. The van der Waals surface area contributed by atoms with E-state index >= 15 is 0 Å². The number of aryl methyl sites for hydroxylation is 1. The molecule has 0 bridgehead atoms. The fraction of sp³-hybridized carbons (Fsp3) is 0.533. The van der Waals surface area contributed by atoms with Gasteiger partial charge in [0.25, 0.3) is 0 Å². The van der Waals surface area contributed by atoms with Crippen LogP contribution in [0.3, 0.4) is 0 Å². The van der Waals surface area contributed by atoms with Crippen molar-refractivity contribution in [2.75, 3.05) is 31.8 Å². The molecule has 2 rings (SSSR count). The van der Waals surface area contributed by atoms with Gasteiger partial charge in [-0.25, -0.2) is 13.2 Å². The van der Waals surface area contributed by atoms with E-state index in [0.717, 1.165) is 31.3 Å². The number of hydrogen-bond acceptors (Lipinski definition) is 4. The summed E-state index contributed by atoms with van der Waals surface area (Å²) in [5, 5.41) is 2.76. The molecule has 6 nitrogen and oxygen atoms in total. The third kappa shape index (κ3) is 4.20. The van der Waals surface area contributed by atoms with Crippen LogP contribution in [0.25, 0.3) is 0 Å². The van der Waals surface area contributed by atoms with Crippen LogP contribution in [0.4, 0.5) is 10.5 Å². The first-order chi connectivity index (χ1) is 10.3. The number of ether oxygens (including phenoxy) is 1. The fourth-order valence-corrected chi connectivity index (χ4v) is 3.00. The summed E-state index contributed by atoms with van der Waals surface area (Å²) in [4.78, 5) is 14.0. The van der Waals surface area contributed by atoms with Crippen LogP contribution in [0.5, 0.6) is 0 Å². The Balaban J connectivity index is 2.07. The first kappa shape index (κ1) is 16.8. The summed E-state index contributed by atoms with van der Waals surface area (Å²) < 4.78 is 28.7. The zero-order valence-electron chi connectivity index (χ0n) is 13.1. The molecule has 0 aromatic heterocycles. The number of hydrogen-bond donors (Lipinski definition) is 1. The Labute approximate surface area is 131 Å². The van der Waals surface area contributed by atoms with Crippen molar-refractivity contribution in [1.29, 1.82) is 0 Å². The molecule has 1 fully saturated rings. The lowest BCUT2D eigenvalue weighted by Crippen LogP contribution is -2.37. The van der Waals surface area contributed by atoms with Crippen molar-refractivity contribution in [3.8, 4) is 0 Å². The second-order valence-corrected chi connectivity index (χ2v) is 7.71. The van der Waals surface area contributed by atoms with Gasteiger partial charge in [0, 0.05) is 32.1 Å². The van der Waals surface area contributed by atoms with Gasteiger partial charge in [-0.15, -0.1) is 0 Å². The highest BCUT2D eigenvalue weighted by molar-refractivity contribution is 7.90. The lowest BCUT2D eigenvalue weighted by atomic mass is 10.2. The van der Waals surface area contributed by atoms with Gasteiger partial charge in [0.15, 0.2) is 9.84 Å². The maximum atomic E-state index is 12.2. The SMILES string of the molecule is Cc1ccc(S(C)(=O)=O)cc1NC(=O)N(C)CC1CCCO1. The first-order valence-electron chi connectivity index (χ1n) is 7.22. The van der Waals surface area contributed by atoms with Gasteiger partial charge in [0.1, 0.15) is 0 Å². The molecule has 7 heteroatoms. The topological polar surface area (TPSA) is 75.7 Å². The van der Waals surface area contributed by atoms with Crippen molar-refractivity contribution in [1.82, 2.24) is 4.90 Å². The Morgan fingerprint density at radius 3 is 2.77 bits per heavy atom. The third-order valence-electron chi connectivity index (χ3n) is 3.73. The quantitative estimate of drug-likeness (QED) is 0.919. The predicted molar refractivity (Wildman–Crippen MR) is 84.9 cm³/mol. The molecular weight excluding hydrogens is 304 g/mol. The summed E-state index contributed by atoms with van der Waals surface area (Å²) in [6.45, 7) is 3.09. The van der Waals surface area contributed by atoms with Gasteiger partial charge in [0.05, 0.1) is 11.0 Å². The largest absolute Gasteiger partial charge is 0.376 e. The Hall–Kier alpha value is -1.60. The highest BCUT2D eigenvalue weighted by Gasteiger charge is 2.20. The van der Waals surface area contributed by atoms with Crippen LogP contribution in [0, 0.1) is 6.92 Å². The van der Waals surface area contributed by atoms with Crippen LogP contribution >= 0.6 is 0 Å². The molecule has 1 aromatic rings. The predicted octanol–water partition coefficient (Wildman–Crippen LogP) is 2.04. The van der Waals surface area contributed by atoms with E-state index in [0.29, 0.717) is 12.2 Å². The second-order valence-electron chi connectivity index (χ2n) is 5.69. The molecular formula is C15H22N2O4S. The maximum absolute atomic E-state index is 12.2. The van der Waals surface area contributed by atoms with Crippen LogP contribution in [0.1, 0.15) is 18.4 Å². The molecule has 0 aliphatic carbocycles. The number of nitrogens with zero attached hydrogens (tertiary/aromatic N) is 1. The van der Waals surface area contributed by atoms with E-state index in [9.17, 15) is 13.2 Å². The molecule has 1 N–H and O–H groups in total. The summed E-state index contributed by atoms with van der Waals surface area (Å²) in [6, 6.07) is 4.44. The van der Waals surface area contributed by atoms with Crippen LogP contribution in [0.2, 0.25) is 0 Å². The molecule has 1 atom stereocenters. The smallest absolute Gasteiger partial charge is 0.321 e. The Morgan fingerprint density at radius 1 is 1.45 bits per heavy atom. The Morgan fingerprint density at radius 2 is 2.18 bits per heavy atom. The minimum atomic E-state index is -3.30. The van der Waals surface area contributed by atoms with E-state index < -0.39 is 9.84 Å². The summed E-state index contributed by atoms with van der Waals surface area (Å²) in [6.07, 6.45) is 3.21. The minimum absolute atomic E-state index is 0.0826. The van der Waals surface area contributed by atoms with Crippen molar-refractivity contribution in [3.63, 3.8) is 0 Å². The number of anilines is 1. The molecule has 0 spiro atoms. The molecule has 22 heavy (non-hydrogen) atoms. The summed E-state index contributed by atoms with van der Waals surface area (Å²) in [7, 11) is -1.60. The van der Waals surface area contributed by atoms with Gasteiger partial charge in [-0.1, -0.05) is 6.07 Å². The molecule has 1 saturated heterocycles. The number of likely N-dealkylation sites (N-methyl/N-ethyl adjacent to an activating group) is 1. The van der Waals surface area contributed by atoms with Crippen LogP contribution < -0.4 is 5.32 Å². The number of urea groups is 1. The molecule has 1 aliphatic rings.